The maximum atomic E-state index is 12.3. The zero-order valence-electron chi connectivity index (χ0n) is 17.5. The van der Waals surface area contributed by atoms with E-state index in [-0.39, 0.29) is 24.1 Å². The highest BCUT2D eigenvalue weighted by atomic mass is 32.2. The lowest BCUT2D eigenvalue weighted by molar-refractivity contribution is -0.113. The summed E-state index contributed by atoms with van der Waals surface area (Å²) in [5, 5.41) is 11.8. The van der Waals surface area contributed by atoms with Gasteiger partial charge in [-0.05, 0) is 50.2 Å². The number of allylic oxidation sites excluding steroid dienone is 1. The molecular formula is C23H24N4O3S. The lowest BCUT2D eigenvalue weighted by Crippen LogP contribution is -2.15. The smallest absolute Gasteiger partial charge is 0.234 e. The Morgan fingerprint density at radius 2 is 1.84 bits per heavy atom. The molecule has 1 aromatic heterocycles. The summed E-state index contributed by atoms with van der Waals surface area (Å²) in [7, 11) is 0. The number of hydrogen-bond acceptors (Lipinski definition) is 6. The number of aryl methyl sites for hydroxylation is 1. The molecular weight excluding hydrogens is 412 g/mol. The van der Waals surface area contributed by atoms with E-state index in [9.17, 15) is 9.59 Å². The molecule has 0 aliphatic heterocycles. The topological polar surface area (TPSA) is 86.1 Å². The van der Waals surface area contributed by atoms with Gasteiger partial charge in [0.15, 0.2) is 16.8 Å². The van der Waals surface area contributed by atoms with Crippen LogP contribution in [0.25, 0.3) is 0 Å². The van der Waals surface area contributed by atoms with Crippen molar-refractivity contribution in [3.63, 3.8) is 0 Å². The fourth-order valence-corrected chi connectivity index (χ4v) is 3.51. The van der Waals surface area contributed by atoms with E-state index < -0.39 is 0 Å². The van der Waals surface area contributed by atoms with Crippen molar-refractivity contribution in [1.29, 1.82) is 0 Å². The number of amides is 1. The molecule has 0 bridgehead atoms. The van der Waals surface area contributed by atoms with Gasteiger partial charge in [-0.25, -0.2) is 0 Å². The molecule has 1 N–H and O–H groups in total. The quantitative estimate of drug-likeness (QED) is 0.290. The number of Topliss-reactive ketones (excluding diaryl/α,β-unsaturated/α-hetero) is 1. The van der Waals surface area contributed by atoms with Gasteiger partial charge in [0, 0.05) is 17.8 Å². The first kappa shape index (κ1) is 22.3. The van der Waals surface area contributed by atoms with Gasteiger partial charge in [0.1, 0.15) is 12.4 Å². The zero-order valence-corrected chi connectivity index (χ0v) is 18.3. The van der Waals surface area contributed by atoms with Crippen molar-refractivity contribution in [3.05, 3.63) is 78.1 Å². The van der Waals surface area contributed by atoms with Gasteiger partial charge in [0.05, 0.1) is 5.75 Å². The Bertz CT molecular complexity index is 1060. The fraction of sp³-hybridized carbons (Fsp3) is 0.217. The van der Waals surface area contributed by atoms with Gasteiger partial charge in [0.2, 0.25) is 5.91 Å². The molecule has 2 aromatic carbocycles. The Balaban J connectivity index is 1.58. The van der Waals surface area contributed by atoms with Gasteiger partial charge in [0.25, 0.3) is 0 Å². The van der Waals surface area contributed by atoms with Crippen LogP contribution in [0.2, 0.25) is 0 Å². The van der Waals surface area contributed by atoms with Gasteiger partial charge in [-0.15, -0.1) is 16.8 Å². The second-order valence-electron chi connectivity index (χ2n) is 6.87. The lowest BCUT2D eigenvalue weighted by Gasteiger charge is -2.09. The predicted molar refractivity (Wildman–Crippen MR) is 122 cm³/mol. The summed E-state index contributed by atoms with van der Waals surface area (Å²) in [5.74, 6) is 1.39. The average Bonchev–Trinajstić information content (AvgIpc) is 3.14. The molecule has 0 fully saturated rings. The number of carbonyl (C=O) groups excluding carboxylic acids is 2. The molecule has 0 atom stereocenters. The highest BCUT2D eigenvalue weighted by Gasteiger charge is 2.14. The molecule has 0 aliphatic rings. The number of nitrogens with zero attached hydrogens (tertiary/aromatic N) is 3. The summed E-state index contributed by atoms with van der Waals surface area (Å²) in [6, 6.07) is 14.6. The Labute approximate surface area is 185 Å². The van der Waals surface area contributed by atoms with Crippen molar-refractivity contribution in [2.75, 3.05) is 11.1 Å². The van der Waals surface area contributed by atoms with Crippen molar-refractivity contribution >= 4 is 29.1 Å². The number of ketones is 1. The molecule has 0 unspecified atom stereocenters. The van der Waals surface area contributed by atoms with Crippen LogP contribution in [-0.2, 0) is 17.9 Å². The number of ether oxygens (including phenoxy) is 1. The van der Waals surface area contributed by atoms with Crippen molar-refractivity contribution < 1.29 is 14.3 Å². The number of aromatic nitrogens is 3. The van der Waals surface area contributed by atoms with Gasteiger partial charge >= 0.3 is 0 Å². The fourth-order valence-electron chi connectivity index (χ4n) is 2.74. The Morgan fingerprint density at radius 1 is 1.13 bits per heavy atom. The Hall–Kier alpha value is -3.39. The molecule has 31 heavy (non-hydrogen) atoms. The number of benzene rings is 2. The molecule has 160 valence electrons. The van der Waals surface area contributed by atoms with Crippen LogP contribution < -0.4 is 10.1 Å². The zero-order chi connectivity index (χ0) is 22.2. The Kier molecular flexibility index (Phi) is 7.61. The van der Waals surface area contributed by atoms with Crippen molar-refractivity contribution in [2.45, 2.75) is 32.2 Å². The van der Waals surface area contributed by atoms with Crippen molar-refractivity contribution in [3.8, 4) is 5.75 Å². The van der Waals surface area contributed by atoms with Crippen LogP contribution in [0, 0.1) is 6.92 Å². The van der Waals surface area contributed by atoms with E-state index in [4.69, 9.17) is 4.74 Å². The lowest BCUT2D eigenvalue weighted by atomic mass is 10.1. The van der Waals surface area contributed by atoms with E-state index in [0.717, 1.165) is 11.3 Å². The standard InChI is InChI=1S/C23H24N4O3S/c1-4-13-27-21(14-30-20-11-5-16(2)6-12-20)25-26-23(27)31-15-22(29)24-19-9-7-18(8-10-19)17(3)28/h4-12H,1,13-15H2,2-3H3,(H,24,29). The van der Waals surface area contributed by atoms with E-state index in [1.165, 1.54) is 18.7 Å². The van der Waals surface area contributed by atoms with Gasteiger partial charge in [-0.2, -0.15) is 0 Å². The normalized spacial score (nSPS) is 10.5. The van der Waals surface area contributed by atoms with Crippen LogP contribution >= 0.6 is 11.8 Å². The third-order valence-electron chi connectivity index (χ3n) is 4.40. The molecule has 1 amide bonds. The molecule has 0 saturated carbocycles. The number of anilines is 1. The van der Waals surface area contributed by atoms with Crippen LogP contribution in [0.3, 0.4) is 0 Å². The first-order valence-corrected chi connectivity index (χ1v) is 10.7. The summed E-state index contributed by atoms with van der Waals surface area (Å²) in [4.78, 5) is 23.7. The third-order valence-corrected chi connectivity index (χ3v) is 5.37. The van der Waals surface area contributed by atoms with Crippen LogP contribution in [0.15, 0.2) is 66.3 Å². The van der Waals surface area contributed by atoms with Crippen molar-refractivity contribution in [1.82, 2.24) is 14.8 Å². The number of nitrogens with one attached hydrogen (secondary N) is 1. The summed E-state index contributed by atoms with van der Waals surface area (Å²) in [6.07, 6.45) is 1.75. The second kappa shape index (κ2) is 10.6. The molecule has 0 radical (unpaired) electrons. The van der Waals surface area contributed by atoms with E-state index in [0.29, 0.717) is 28.8 Å². The molecule has 0 saturated heterocycles. The molecule has 8 heteroatoms. The molecule has 3 rings (SSSR count). The number of carbonyl (C=O) groups is 2. The molecule has 7 nitrogen and oxygen atoms in total. The SMILES string of the molecule is C=CCn1c(COc2ccc(C)cc2)nnc1SCC(=O)Nc1ccc(C(C)=O)cc1. The summed E-state index contributed by atoms with van der Waals surface area (Å²) >= 11 is 1.29. The first-order chi connectivity index (χ1) is 15.0. The van der Waals surface area contributed by atoms with Crippen molar-refractivity contribution in [2.24, 2.45) is 0 Å². The number of rotatable bonds is 10. The highest BCUT2D eigenvalue weighted by Crippen LogP contribution is 2.20. The molecule has 0 spiro atoms. The predicted octanol–water partition coefficient (Wildman–Crippen LogP) is 4.28. The van der Waals surface area contributed by atoms with Crippen LogP contribution in [0.5, 0.6) is 5.75 Å². The summed E-state index contributed by atoms with van der Waals surface area (Å²) < 4.78 is 7.68. The minimum Gasteiger partial charge on any atom is -0.486 e. The first-order valence-electron chi connectivity index (χ1n) is 9.72. The van der Waals surface area contributed by atoms with E-state index in [1.807, 2.05) is 35.8 Å². The van der Waals surface area contributed by atoms with Crippen LogP contribution in [0.1, 0.15) is 28.7 Å². The van der Waals surface area contributed by atoms with Gasteiger partial charge in [-0.1, -0.05) is 35.5 Å². The van der Waals surface area contributed by atoms with E-state index in [2.05, 4.69) is 22.1 Å². The van der Waals surface area contributed by atoms with Crippen LogP contribution in [0.4, 0.5) is 5.69 Å². The van der Waals surface area contributed by atoms with E-state index in [1.54, 1.807) is 30.3 Å². The molecule has 0 aliphatic carbocycles. The number of hydrogen-bond donors (Lipinski definition) is 1. The van der Waals surface area contributed by atoms with Gasteiger partial charge < -0.3 is 10.1 Å². The number of thioether (sulfide) groups is 1. The maximum absolute atomic E-state index is 12.3. The second-order valence-corrected chi connectivity index (χ2v) is 7.81. The van der Waals surface area contributed by atoms with Gasteiger partial charge in [-0.3, -0.25) is 14.2 Å². The minimum atomic E-state index is -0.175. The molecule has 1 heterocycles. The Morgan fingerprint density at radius 3 is 2.48 bits per heavy atom. The molecule has 3 aromatic rings. The maximum Gasteiger partial charge on any atom is 0.234 e. The average molecular weight is 437 g/mol. The summed E-state index contributed by atoms with van der Waals surface area (Å²) in [6.45, 7) is 8.08. The van der Waals surface area contributed by atoms with Crippen LogP contribution in [-0.4, -0.2) is 32.2 Å². The summed E-state index contributed by atoms with van der Waals surface area (Å²) in [5.41, 5.74) is 2.40. The highest BCUT2D eigenvalue weighted by molar-refractivity contribution is 7.99. The third kappa shape index (κ3) is 6.29. The largest absolute Gasteiger partial charge is 0.486 e. The monoisotopic (exact) mass is 436 g/mol. The van der Waals surface area contributed by atoms with E-state index >= 15 is 0 Å². The minimum absolute atomic E-state index is 0.0165.